The fraction of sp³-hybridized carbons (Fsp3) is 0.300. The summed E-state index contributed by atoms with van der Waals surface area (Å²) in [5.41, 5.74) is 0.187. The maximum Gasteiger partial charge on any atom is 0.216 e. The molecule has 1 rings (SSSR count). The number of benzene rings is 1. The standard InChI is InChI=1S/C10H11BrF2N2O/c1-6(16)14-2-3-15-10-8(11)4-7(12)5-9(10)13/h4-5,15H,2-3H2,1H3,(H,14,16). The summed E-state index contributed by atoms with van der Waals surface area (Å²) in [6.07, 6.45) is 0. The lowest BCUT2D eigenvalue weighted by molar-refractivity contribution is -0.118. The van der Waals surface area contributed by atoms with Gasteiger partial charge >= 0.3 is 0 Å². The zero-order valence-corrected chi connectivity index (χ0v) is 10.2. The number of rotatable bonds is 4. The molecule has 0 spiro atoms. The van der Waals surface area contributed by atoms with Crippen LogP contribution in [-0.2, 0) is 4.79 Å². The van der Waals surface area contributed by atoms with E-state index >= 15 is 0 Å². The number of carbonyl (C=O) groups excluding carboxylic acids is 1. The summed E-state index contributed by atoms with van der Waals surface area (Å²) in [4.78, 5) is 10.6. The van der Waals surface area contributed by atoms with E-state index in [2.05, 4.69) is 26.6 Å². The highest BCUT2D eigenvalue weighted by Gasteiger charge is 2.08. The van der Waals surface area contributed by atoms with Crippen LogP contribution >= 0.6 is 15.9 Å². The van der Waals surface area contributed by atoms with Crippen LogP contribution in [0.25, 0.3) is 0 Å². The van der Waals surface area contributed by atoms with Gasteiger partial charge in [0.25, 0.3) is 0 Å². The molecule has 0 saturated heterocycles. The molecule has 1 aromatic carbocycles. The summed E-state index contributed by atoms with van der Waals surface area (Å²) in [7, 11) is 0. The van der Waals surface area contributed by atoms with E-state index in [9.17, 15) is 13.6 Å². The Morgan fingerprint density at radius 1 is 1.38 bits per heavy atom. The number of halogens is 3. The molecule has 0 atom stereocenters. The van der Waals surface area contributed by atoms with Crippen LogP contribution in [0.3, 0.4) is 0 Å². The summed E-state index contributed by atoms with van der Waals surface area (Å²) in [5, 5.41) is 5.31. The average Bonchev–Trinajstić information content (AvgIpc) is 2.14. The summed E-state index contributed by atoms with van der Waals surface area (Å²) in [6, 6.07) is 1.97. The molecule has 0 radical (unpaired) electrons. The lowest BCUT2D eigenvalue weighted by Crippen LogP contribution is -2.26. The first-order valence-corrected chi connectivity index (χ1v) is 5.43. The molecule has 0 aliphatic heterocycles. The van der Waals surface area contributed by atoms with Crippen LogP contribution in [-0.4, -0.2) is 19.0 Å². The third-order valence-electron chi connectivity index (χ3n) is 1.81. The van der Waals surface area contributed by atoms with Gasteiger partial charge in [0.05, 0.1) is 5.69 Å². The molecule has 0 aliphatic rings. The number of hydrogen-bond donors (Lipinski definition) is 2. The Labute approximate surface area is 100 Å². The molecule has 0 aliphatic carbocycles. The number of anilines is 1. The molecular weight excluding hydrogens is 282 g/mol. The van der Waals surface area contributed by atoms with Crippen molar-refractivity contribution in [1.82, 2.24) is 5.32 Å². The Bertz CT molecular complexity index is 375. The minimum atomic E-state index is -0.672. The van der Waals surface area contributed by atoms with Crippen molar-refractivity contribution in [2.45, 2.75) is 6.92 Å². The highest BCUT2D eigenvalue weighted by atomic mass is 79.9. The molecule has 1 aromatic rings. The maximum absolute atomic E-state index is 13.3. The number of nitrogens with one attached hydrogen (secondary N) is 2. The SMILES string of the molecule is CC(=O)NCCNc1c(F)cc(F)cc1Br. The van der Waals surface area contributed by atoms with Crippen LogP contribution in [0.4, 0.5) is 14.5 Å². The van der Waals surface area contributed by atoms with Crippen molar-refractivity contribution in [1.29, 1.82) is 0 Å². The van der Waals surface area contributed by atoms with E-state index in [4.69, 9.17) is 0 Å². The Morgan fingerprint density at radius 3 is 2.62 bits per heavy atom. The van der Waals surface area contributed by atoms with Gasteiger partial charge in [-0.1, -0.05) is 0 Å². The number of amides is 1. The Hall–Kier alpha value is -1.17. The maximum atomic E-state index is 13.3. The van der Waals surface area contributed by atoms with Crippen LogP contribution < -0.4 is 10.6 Å². The largest absolute Gasteiger partial charge is 0.380 e. The molecule has 16 heavy (non-hydrogen) atoms. The molecule has 2 N–H and O–H groups in total. The van der Waals surface area contributed by atoms with Gasteiger partial charge < -0.3 is 10.6 Å². The quantitative estimate of drug-likeness (QED) is 0.836. The van der Waals surface area contributed by atoms with Gasteiger partial charge in [-0.2, -0.15) is 0 Å². The van der Waals surface area contributed by atoms with Gasteiger partial charge in [0.1, 0.15) is 11.6 Å². The minimum absolute atomic E-state index is 0.152. The van der Waals surface area contributed by atoms with Gasteiger partial charge in [0.15, 0.2) is 0 Å². The van der Waals surface area contributed by atoms with Crippen molar-refractivity contribution >= 4 is 27.5 Å². The van der Waals surface area contributed by atoms with Crippen molar-refractivity contribution in [2.24, 2.45) is 0 Å². The highest BCUT2D eigenvalue weighted by molar-refractivity contribution is 9.10. The van der Waals surface area contributed by atoms with Gasteiger partial charge in [-0.3, -0.25) is 4.79 Å². The zero-order valence-electron chi connectivity index (χ0n) is 8.61. The second-order valence-electron chi connectivity index (χ2n) is 3.15. The molecule has 6 heteroatoms. The molecule has 0 bridgehead atoms. The average molecular weight is 293 g/mol. The van der Waals surface area contributed by atoms with Crippen LogP contribution in [0.5, 0.6) is 0 Å². The zero-order chi connectivity index (χ0) is 12.1. The van der Waals surface area contributed by atoms with Gasteiger partial charge in [-0.25, -0.2) is 8.78 Å². The van der Waals surface area contributed by atoms with Crippen molar-refractivity contribution in [3.8, 4) is 0 Å². The molecule has 0 aromatic heterocycles. The molecule has 0 heterocycles. The van der Waals surface area contributed by atoms with Gasteiger partial charge in [0.2, 0.25) is 5.91 Å². The smallest absolute Gasteiger partial charge is 0.216 e. The topological polar surface area (TPSA) is 41.1 Å². The van der Waals surface area contributed by atoms with E-state index in [-0.39, 0.29) is 11.6 Å². The molecule has 0 fully saturated rings. The second-order valence-corrected chi connectivity index (χ2v) is 4.01. The van der Waals surface area contributed by atoms with Crippen molar-refractivity contribution in [3.05, 3.63) is 28.2 Å². The molecule has 3 nitrogen and oxygen atoms in total. The number of carbonyl (C=O) groups is 1. The predicted molar refractivity (Wildman–Crippen MR) is 61.2 cm³/mol. The second kappa shape index (κ2) is 5.79. The van der Waals surface area contributed by atoms with Crippen LogP contribution in [0, 0.1) is 11.6 Å². The Morgan fingerprint density at radius 2 is 2.06 bits per heavy atom. The molecule has 0 unspecified atom stereocenters. The first-order valence-electron chi connectivity index (χ1n) is 4.63. The molecule has 1 amide bonds. The van der Waals surface area contributed by atoms with Gasteiger partial charge in [0, 0.05) is 30.6 Å². The fourth-order valence-corrected chi connectivity index (χ4v) is 1.69. The normalized spacial score (nSPS) is 10.0. The Kier molecular flexibility index (Phi) is 4.67. The van der Waals surface area contributed by atoms with Crippen LogP contribution in [0.2, 0.25) is 0 Å². The first kappa shape index (κ1) is 12.9. The lowest BCUT2D eigenvalue weighted by atomic mass is 10.3. The van der Waals surface area contributed by atoms with Crippen LogP contribution in [0.1, 0.15) is 6.92 Å². The number of hydrogen-bond acceptors (Lipinski definition) is 2. The van der Waals surface area contributed by atoms with E-state index in [0.717, 1.165) is 6.07 Å². The molecule has 88 valence electrons. The Balaban J connectivity index is 2.57. The van der Waals surface area contributed by atoms with E-state index in [0.29, 0.717) is 17.6 Å². The van der Waals surface area contributed by atoms with Crippen LogP contribution in [0.15, 0.2) is 16.6 Å². The van der Waals surface area contributed by atoms with Crippen molar-refractivity contribution < 1.29 is 13.6 Å². The first-order chi connectivity index (χ1) is 7.50. The van der Waals surface area contributed by atoms with Gasteiger partial charge in [-0.05, 0) is 22.0 Å². The summed E-state index contributed by atoms with van der Waals surface area (Å²) in [5.74, 6) is -1.47. The summed E-state index contributed by atoms with van der Waals surface area (Å²) >= 11 is 3.05. The third kappa shape index (κ3) is 3.77. The monoisotopic (exact) mass is 292 g/mol. The summed E-state index contributed by atoms with van der Waals surface area (Å²) in [6.45, 7) is 2.13. The summed E-state index contributed by atoms with van der Waals surface area (Å²) < 4.78 is 26.3. The van der Waals surface area contributed by atoms with E-state index < -0.39 is 11.6 Å². The molecular formula is C10H11BrF2N2O. The highest BCUT2D eigenvalue weighted by Crippen LogP contribution is 2.26. The fourth-order valence-electron chi connectivity index (χ4n) is 1.14. The van der Waals surface area contributed by atoms with Crippen molar-refractivity contribution in [3.63, 3.8) is 0 Å². The van der Waals surface area contributed by atoms with E-state index in [1.54, 1.807) is 0 Å². The third-order valence-corrected chi connectivity index (χ3v) is 2.43. The van der Waals surface area contributed by atoms with E-state index in [1.807, 2.05) is 0 Å². The van der Waals surface area contributed by atoms with Gasteiger partial charge in [-0.15, -0.1) is 0 Å². The minimum Gasteiger partial charge on any atom is -0.380 e. The van der Waals surface area contributed by atoms with E-state index in [1.165, 1.54) is 13.0 Å². The molecule has 0 saturated carbocycles. The lowest BCUT2D eigenvalue weighted by Gasteiger charge is -2.10. The predicted octanol–water partition coefficient (Wildman–Crippen LogP) is 2.28. The van der Waals surface area contributed by atoms with Crippen molar-refractivity contribution in [2.75, 3.05) is 18.4 Å².